The Morgan fingerprint density at radius 3 is 2.79 bits per heavy atom. The van der Waals surface area contributed by atoms with Crippen LogP contribution in [0.5, 0.6) is 0 Å². The number of hydrogen-bond acceptors (Lipinski definition) is 4. The number of aromatic amines is 1. The van der Waals surface area contributed by atoms with Crippen LogP contribution in [0.4, 0.5) is 0 Å². The van der Waals surface area contributed by atoms with Gasteiger partial charge in [-0.3, -0.25) is 0 Å². The van der Waals surface area contributed by atoms with Crippen molar-refractivity contribution in [3.05, 3.63) is 18.2 Å². The summed E-state index contributed by atoms with van der Waals surface area (Å²) in [4.78, 5) is 7.37. The van der Waals surface area contributed by atoms with Gasteiger partial charge in [0.2, 0.25) is 0 Å². The van der Waals surface area contributed by atoms with Gasteiger partial charge in [-0.15, -0.1) is 0 Å². The van der Waals surface area contributed by atoms with E-state index in [1.54, 1.807) is 0 Å². The summed E-state index contributed by atoms with van der Waals surface area (Å²) in [6.45, 7) is 2.59. The second-order valence-corrected chi connectivity index (χ2v) is 5.48. The molecular formula is C14H23N3O2. The van der Waals surface area contributed by atoms with Gasteiger partial charge in [-0.05, 0) is 25.8 Å². The molecule has 0 aromatic carbocycles. The lowest BCUT2D eigenvalue weighted by Gasteiger charge is -2.35. The Bertz CT molecular complexity index is 364. The lowest BCUT2D eigenvalue weighted by Crippen LogP contribution is -2.42. The number of nitrogens with zero attached hydrogens (tertiary/aromatic N) is 1. The van der Waals surface area contributed by atoms with Gasteiger partial charge in [0.25, 0.3) is 0 Å². The van der Waals surface area contributed by atoms with Crippen molar-refractivity contribution in [1.29, 1.82) is 0 Å². The molecule has 2 aliphatic rings. The molecule has 1 aromatic heterocycles. The van der Waals surface area contributed by atoms with E-state index >= 15 is 0 Å². The van der Waals surface area contributed by atoms with E-state index in [0.29, 0.717) is 6.04 Å². The zero-order chi connectivity index (χ0) is 13.0. The van der Waals surface area contributed by atoms with E-state index in [2.05, 4.69) is 15.3 Å². The molecular weight excluding hydrogens is 242 g/mol. The Morgan fingerprint density at radius 2 is 2.11 bits per heavy atom. The van der Waals surface area contributed by atoms with Crippen LogP contribution in [-0.4, -0.2) is 41.6 Å². The van der Waals surface area contributed by atoms with Crippen LogP contribution in [0.1, 0.15) is 37.9 Å². The summed E-state index contributed by atoms with van der Waals surface area (Å²) < 4.78 is 11.5. The van der Waals surface area contributed by atoms with E-state index in [1.165, 1.54) is 0 Å². The van der Waals surface area contributed by atoms with E-state index in [0.717, 1.165) is 64.1 Å². The summed E-state index contributed by atoms with van der Waals surface area (Å²) in [6.07, 6.45) is 10.2. The molecule has 0 bridgehead atoms. The van der Waals surface area contributed by atoms with Crippen molar-refractivity contribution >= 4 is 0 Å². The first-order chi connectivity index (χ1) is 9.36. The fraction of sp³-hybridized carbons (Fsp3) is 0.786. The fourth-order valence-electron chi connectivity index (χ4n) is 3.04. The minimum Gasteiger partial charge on any atom is -0.349 e. The monoisotopic (exact) mass is 265 g/mol. The van der Waals surface area contributed by atoms with Crippen molar-refractivity contribution in [2.45, 2.75) is 50.4 Å². The lowest BCUT2D eigenvalue weighted by molar-refractivity contribution is -0.179. The highest BCUT2D eigenvalue weighted by Crippen LogP contribution is 2.35. The van der Waals surface area contributed by atoms with Crippen LogP contribution in [0.25, 0.3) is 0 Å². The Balaban J connectivity index is 1.31. The molecule has 0 radical (unpaired) electrons. The molecule has 5 heteroatoms. The molecule has 1 saturated carbocycles. The van der Waals surface area contributed by atoms with Gasteiger partial charge in [-0.1, -0.05) is 0 Å². The third-order valence-electron chi connectivity index (χ3n) is 4.14. The number of aryl methyl sites for hydroxylation is 1. The second-order valence-electron chi connectivity index (χ2n) is 5.48. The lowest BCUT2D eigenvalue weighted by atomic mass is 9.90. The molecule has 0 amide bonds. The maximum Gasteiger partial charge on any atom is 0.168 e. The molecule has 0 atom stereocenters. The summed E-state index contributed by atoms with van der Waals surface area (Å²) in [5.74, 6) is 0.851. The molecule has 2 heterocycles. The van der Waals surface area contributed by atoms with Crippen LogP contribution in [0.2, 0.25) is 0 Å². The van der Waals surface area contributed by atoms with E-state index in [-0.39, 0.29) is 5.79 Å². The third-order valence-corrected chi connectivity index (χ3v) is 4.14. The predicted molar refractivity (Wildman–Crippen MR) is 71.8 cm³/mol. The first-order valence-electron chi connectivity index (χ1n) is 7.36. The van der Waals surface area contributed by atoms with Crippen molar-refractivity contribution in [1.82, 2.24) is 15.3 Å². The van der Waals surface area contributed by atoms with Gasteiger partial charge in [-0.2, -0.15) is 0 Å². The summed E-state index contributed by atoms with van der Waals surface area (Å²) >= 11 is 0. The van der Waals surface area contributed by atoms with Gasteiger partial charge in [0.05, 0.1) is 13.2 Å². The summed E-state index contributed by atoms with van der Waals surface area (Å²) in [5.41, 5.74) is 0. The average Bonchev–Trinajstić information content (AvgIpc) is 3.09. The topological polar surface area (TPSA) is 59.2 Å². The highest BCUT2D eigenvalue weighted by molar-refractivity contribution is 4.88. The quantitative estimate of drug-likeness (QED) is 0.794. The molecule has 1 aliphatic heterocycles. The number of H-pyrrole nitrogens is 1. The van der Waals surface area contributed by atoms with E-state index < -0.39 is 0 Å². The van der Waals surface area contributed by atoms with Crippen LogP contribution in [0.3, 0.4) is 0 Å². The SMILES string of the molecule is c1c[nH]c(CCCNC2CCC3(CC2)OCCO3)n1. The third kappa shape index (κ3) is 3.35. The largest absolute Gasteiger partial charge is 0.349 e. The van der Waals surface area contributed by atoms with E-state index in [9.17, 15) is 0 Å². The molecule has 0 unspecified atom stereocenters. The molecule has 1 spiro atoms. The average molecular weight is 265 g/mol. The van der Waals surface area contributed by atoms with E-state index in [1.807, 2.05) is 12.4 Å². The highest BCUT2D eigenvalue weighted by atomic mass is 16.7. The summed E-state index contributed by atoms with van der Waals surface area (Å²) in [6, 6.07) is 0.620. The van der Waals surface area contributed by atoms with Crippen LogP contribution in [0, 0.1) is 0 Å². The van der Waals surface area contributed by atoms with Crippen LogP contribution in [0.15, 0.2) is 12.4 Å². The van der Waals surface area contributed by atoms with Gasteiger partial charge < -0.3 is 19.8 Å². The molecule has 106 valence electrons. The Labute approximate surface area is 114 Å². The minimum atomic E-state index is -0.230. The molecule has 1 aliphatic carbocycles. The number of imidazole rings is 1. The molecule has 5 nitrogen and oxygen atoms in total. The van der Waals surface area contributed by atoms with Gasteiger partial charge in [-0.25, -0.2) is 4.98 Å². The first kappa shape index (κ1) is 13.1. The van der Waals surface area contributed by atoms with Crippen molar-refractivity contribution in [2.24, 2.45) is 0 Å². The molecule has 3 rings (SSSR count). The Morgan fingerprint density at radius 1 is 1.32 bits per heavy atom. The normalized spacial score (nSPS) is 23.2. The maximum atomic E-state index is 5.74. The van der Waals surface area contributed by atoms with Gasteiger partial charge in [0, 0.05) is 37.7 Å². The van der Waals surface area contributed by atoms with Gasteiger partial charge in [0.15, 0.2) is 5.79 Å². The smallest absolute Gasteiger partial charge is 0.168 e. The Hall–Kier alpha value is -0.910. The minimum absolute atomic E-state index is 0.230. The standard InChI is InChI=1S/C14H23N3O2/c1(2-13-16-8-9-17-13)7-15-12-3-5-14(6-4-12)18-10-11-19-14/h8-9,12,15H,1-7,10-11H2,(H,16,17). The van der Waals surface area contributed by atoms with Crippen molar-refractivity contribution in [3.8, 4) is 0 Å². The first-order valence-corrected chi connectivity index (χ1v) is 7.36. The number of rotatable bonds is 5. The number of aromatic nitrogens is 2. The van der Waals surface area contributed by atoms with Crippen LogP contribution in [-0.2, 0) is 15.9 Å². The van der Waals surface area contributed by atoms with Crippen molar-refractivity contribution in [2.75, 3.05) is 19.8 Å². The Kier molecular flexibility index (Phi) is 4.15. The second kappa shape index (κ2) is 6.03. The van der Waals surface area contributed by atoms with E-state index in [4.69, 9.17) is 9.47 Å². The summed E-state index contributed by atoms with van der Waals surface area (Å²) in [7, 11) is 0. The molecule has 19 heavy (non-hydrogen) atoms. The summed E-state index contributed by atoms with van der Waals surface area (Å²) in [5, 5.41) is 3.64. The van der Waals surface area contributed by atoms with Crippen LogP contribution >= 0.6 is 0 Å². The zero-order valence-corrected chi connectivity index (χ0v) is 11.4. The van der Waals surface area contributed by atoms with Crippen molar-refractivity contribution in [3.63, 3.8) is 0 Å². The molecule has 1 aromatic rings. The molecule has 2 fully saturated rings. The van der Waals surface area contributed by atoms with Crippen molar-refractivity contribution < 1.29 is 9.47 Å². The molecule has 1 saturated heterocycles. The predicted octanol–water partition coefficient (Wildman–Crippen LogP) is 1.62. The maximum absolute atomic E-state index is 5.74. The zero-order valence-electron chi connectivity index (χ0n) is 11.4. The molecule has 2 N–H and O–H groups in total. The van der Waals surface area contributed by atoms with Gasteiger partial charge in [0.1, 0.15) is 5.82 Å². The van der Waals surface area contributed by atoms with Crippen LogP contribution < -0.4 is 5.32 Å². The number of nitrogens with one attached hydrogen (secondary N) is 2. The van der Waals surface area contributed by atoms with Gasteiger partial charge >= 0.3 is 0 Å². The highest BCUT2D eigenvalue weighted by Gasteiger charge is 2.39. The number of ether oxygens (including phenoxy) is 2. The fourth-order valence-corrected chi connectivity index (χ4v) is 3.04. The number of hydrogen-bond donors (Lipinski definition) is 2.